The number of hydrogen-bond acceptors (Lipinski definition) is 3. The van der Waals surface area contributed by atoms with Gasteiger partial charge >= 0.3 is 0 Å². The molecule has 2 aromatic rings. The molecule has 5 nitrogen and oxygen atoms in total. The molecule has 3 N–H and O–H groups in total. The third kappa shape index (κ3) is 3.05. The Morgan fingerprint density at radius 3 is 2.75 bits per heavy atom. The Labute approximate surface area is 116 Å². The fourth-order valence-corrected chi connectivity index (χ4v) is 2.04. The molecule has 0 spiro atoms. The molecule has 0 atom stereocenters. The molecule has 2 rings (SSSR count). The minimum Gasteiger partial charge on any atom is -0.396 e. The lowest BCUT2D eigenvalue weighted by Crippen LogP contribution is -2.44. The summed E-state index contributed by atoms with van der Waals surface area (Å²) in [6.45, 7) is 3.63. The zero-order valence-corrected chi connectivity index (χ0v) is 11.6. The van der Waals surface area contributed by atoms with Gasteiger partial charge in [0.05, 0.1) is 0 Å². The van der Waals surface area contributed by atoms with Crippen molar-refractivity contribution in [3.05, 3.63) is 46.2 Å². The number of amides is 1. The second-order valence-electron chi connectivity index (χ2n) is 5.40. The van der Waals surface area contributed by atoms with E-state index >= 15 is 0 Å². The number of carbonyl (C=O) groups is 1. The van der Waals surface area contributed by atoms with E-state index in [-0.39, 0.29) is 23.6 Å². The summed E-state index contributed by atoms with van der Waals surface area (Å²) in [5.74, 6) is -0.355. The van der Waals surface area contributed by atoms with Crippen molar-refractivity contribution in [1.29, 1.82) is 0 Å². The molecule has 0 bridgehead atoms. The topological polar surface area (TPSA) is 82.2 Å². The van der Waals surface area contributed by atoms with Crippen LogP contribution in [0.15, 0.2) is 35.1 Å². The van der Waals surface area contributed by atoms with E-state index < -0.39 is 5.54 Å². The van der Waals surface area contributed by atoms with E-state index in [1.165, 1.54) is 6.07 Å². The number of hydrogen-bond donors (Lipinski definition) is 3. The lowest BCUT2D eigenvalue weighted by atomic mass is 10.0. The summed E-state index contributed by atoms with van der Waals surface area (Å²) in [5, 5.41) is 12.3. The lowest BCUT2D eigenvalue weighted by Gasteiger charge is -2.25. The molecule has 5 heteroatoms. The number of fused-ring (bicyclic) bond motifs is 1. The van der Waals surface area contributed by atoms with Crippen molar-refractivity contribution < 1.29 is 9.90 Å². The molecule has 0 aliphatic rings. The average Bonchev–Trinajstić information content (AvgIpc) is 2.38. The van der Waals surface area contributed by atoms with Crippen molar-refractivity contribution in [2.24, 2.45) is 0 Å². The standard InChI is InChI=1S/C15H18N2O3/c1-15(2,7-8-18)17-14(20)12-9-13(19)10-5-3-4-6-11(10)16-12/h3-6,9,18H,7-8H2,1-2H3,(H,16,19)(H,17,20). The first-order valence-corrected chi connectivity index (χ1v) is 6.48. The lowest BCUT2D eigenvalue weighted by molar-refractivity contribution is 0.0894. The number of aromatic nitrogens is 1. The Kier molecular flexibility index (Phi) is 3.90. The van der Waals surface area contributed by atoms with Crippen molar-refractivity contribution in [1.82, 2.24) is 10.3 Å². The average molecular weight is 274 g/mol. The number of rotatable bonds is 4. The summed E-state index contributed by atoms with van der Waals surface area (Å²) < 4.78 is 0. The van der Waals surface area contributed by atoms with E-state index in [1.54, 1.807) is 24.3 Å². The fourth-order valence-electron chi connectivity index (χ4n) is 2.04. The molecule has 1 aromatic heterocycles. The normalized spacial score (nSPS) is 11.6. The number of aliphatic hydroxyl groups is 1. The first-order chi connectivity index (χ1) is 9.43. The van der Waals surface area contributed by atoms with E-state index in [1.807, 2.05) is 13.8 Å². The van der Waals surface area contributed by atoms with Gasteiger partial charge in [-0.2, -0.15) is 0 Å². The summed E-state index contributed by atoms with van der Waals surface area (Å²) in [4.78, 5) is 27.1. The first-order valence-electron chi connectivity index (χ1n) is 6.48. The second-order valence-corrected chi connectivity index (χ2v) is 5.40. The predicted octanol–water partition coefficient (Wildman–Crippen LogP) is 1.42. The number of aromatic amines is 1. The highest BCUT2D eigenvalue weighted by Gasteiger charge is 2.21. The Bertz CT molecular complexity index is 689. The van der Waals surface area contributed by atoms with E-state index in [0.29, 0.717) is 17.3 Å². The largest absolute Gasteiger partial charge is 0.396 e. The first kappa shape index (κ1) is 14.3. The number of nitrogens with one attached hydrogen (secondary N) is 2. The van der Waals surface area contributed by atoms with Gasteiger partial charge in [-0.25, -0.2) is 0 Å². The summed E-state index contributed by atoms with van der Waals surface area (Å²) in [6, 6.07) is 8.35. The molecular weight excluding hydrogens is 256 g/mol. The molecule has 0 unspecified atom stereocenters. The maximum absolute atomic E-state index is 12.2. The highest BCUT2D eigenvalue weighted by atomic mass is 16.3. The van der Waals surface area contributed by atoms with Gasteiger partial charge in [0.1, 0.15) is 5.69 Å². The van der Waals surface area contributed by atoms with Crippen molar-refractivity contribution in [3.8, 4) is 0 Å². The van der Waals surface area contributed by atoms with Gasteiger partial charge in [0, 0.05) is 29.1 Å². The molecule has 0 fully saturated rings. The molecule has 0 aliphatic heterocycles. The van der Waals surface area contributed by atoms with E-state index in [2.05, 4.69) is 10.3 Å². The predicted molar refractivity (Wildman–Crippen MR) is 77.8 cm³/mol. The number of aliphatic hydroxyl groups excluding tert-OH is 1. The molecule has 1 amide bonds. The van der Waals surface area contributed by atoms with E-state index in [0.717, 1.165) is 0 Å². The van der Waals surface area contributed by atoms with Crippen LogP contribution in [0.4, 0.5) is 0 Å². The molecule has 106 valence electrons. The van der Waals surface area contributed by atoms with Gasteiger partial charge in [-0.1, -0.05) is 12.1 Å². The summed E-state index contributed by atoms with van der Waals surface area (Å²) in [5.41, 5.74) is 0.128. The van der Waals surface area contributed by atoms with Crippen LogP contribution < -0.4 is 10.7 Å². The van der Waals surface area contributed by atoms with Crippen LogP contribution >= 0.6 is 0 Å². The number of para-hydroxylation sites is 1. The monoisotopic (exact) mass is 274 g/mol. The van der Waals surface area contributed by atoms with Gasteiger partial charge in [0.2, 0.25) is 0 Å². The van der Waals surface area contributed by atoms with Crippen molar-refractivity contribution >= 4 is 16.8 Å². The minimum atomic E-state index is -0.533. The number of carbonyl (C=O) groups excluding carboxylic acids is 1. The third-order valence-corrected chi connectivity index (χ3v) is 3.17. The van der Waals surface area contributed by atoms with Gasteiger partial charge in [-0.3, -0.25) is 9.59 Å². The van der Waals surface area contributed by atoms with Crippen molar-refractivity contribution in [2.45, 2.75) is 25.8 Å². The Morgan fingerprint density at radius 1 is 1.35 bits per heavy atom. The Balaban J connectivity index is 2.34. The van der Waals surface area contributed by atoms with Gasteiger partial charge in [-0.05, 0) is 32.4 Å². The van der Waals surface area contributed by atoms with Crippen molar-refractivity contribution in [3.63, 3.8) is 0 Å². The Hall–Kier alpha value is -2.14. The Morgan fingerprint density at radius 2 is 2.05 bits per heavy atom. The van der Waals surface area contributed by atoms with Gasteiger partial charge < -0.3 is 15.4 Å². The van der Waals surface area contributed by atoms with Crippen LogP contribution in [0.1, 0.15) is 30.8 Å². The number of pyridine rings is 1. The zero-order valence-electron chi connectivity index (χ0n) is 11.6. The van der Waals surface area contributed by atoms with Gasteiger partial charge in [-0.15, -0.1) is 0 Å². The maximum atomic E-state index is 12.2. The van der Waals surface area contributed by atoms with Crippen LogP contribution in [0.5, 0.6) is 0 Å². The van der Waals surface area contributed by atoms with Crippen LogP contribution in [0, 0.1) is 0 Å². The summed E-state index contributed by atoms with van der Waals surface area (Å²) >= 11 is 0. The smallest absolute Gasteiger partial charge is 0.268 e. The van der Waals surface area contributed by atoms with Crippen LogP contribution in [-0.2, 0) is 0 Å². The van der Waals surface area contributed by atoms with Crippen molar-refractivity contribution in [2.75, 3.05) is 6.61 Å². The SMILES string of the molecule is CC(C)(CCO)NC(=O)c1cc(=O)c2ccccc2[nH]1. The highest BCUT2D eigenvalue weighted by molar-refractivity contribution is 5.95. The van der Waals surface area contributed by atoms with Crippen LogP contribution in [-0.4, -0.2) is 28.1 Å². The molecule has 0 aliphatic carbocycles. The number of benzene rings is 1. The van der Waals surface area contributed by atoms with E-state index in [4.69, 9.17) is 5.11 Å². The molecule has 0 saturated carbocycles. The summed E-state index contributed by atoms with van der Waals surface area (Å²) in [7, 11) is 0. The van der Waals surface area contributed by atoms with Gasteiger partial charge in [0.15, 0.2) is 5.43 Å². The van der Waals surface area contributed by atoms with Crippen LogP contribution in [0.2, 0.25) is 0 Å². The zero-order chi connectivity index (χ0) is 14.8. The van der Waals surface area contributed by atoms with Crippen LogP contribution in [0.3, 0.4) is 0 Å². The molecule has 1 aromatic carbocycles. The minimum absolute atomic E-state index is 0.0124. The number of H-pyrrole nitrogens is 1. The quantitative estimate of drug-likeness (QED) is 0.788. The fraction of sp³-hybridized carbons (Fsp3) is 0.333. The third-order valence-electron chi connectivity index (χ3n) is 3.17. The molecule has 0 saturated heterocycles. The molecule has 0 radical (unpaired) electrons. The molecule has 20 heavy (non-hydrogen) atoms. The summed E-state index contributed by atoms with van der Waals surface area (Å²) in [6.07, 6.45) is 0.441. The molecule has 1 heterocycles. The van der Waals surface area contributed by atoms with E-state index in [9.17, 15) is 9.59 Å². The second kappa shape index (κ2) is 5.46. The van der Waals surface area contributed by atoms with Crippen LogP contribution in [0.25, 0.3) is 10.9 Å². The highest BCUT2D eigenvalue weighted by Crippen LogP contribution is 2.10. The van der Waals surface area contributed by atoms with Gasteiger partial charge in [0.25, 0.3) is 5.91 Å². The maximum Gasteiger partial charge on any atom is 0.268 e. The molecular formula is C15H18N2O3.